The molecule has 5 rings (SSSR count). The number of fused-ring (bicyclic) bond motifs is 1. The van der Waals surface area contributed by atoms with Crippen LogP contribution in [-0.4, -0.2) is 14.5 Å². The highest BCUT2D eigenvalue weighted by molar-refractivity contribution is 7.14. The quantitative estimate of drug-likeness (QED) is 0.443. The van der Waals surface area contributed by atoms with Gasteiger partial charge >= 0.3 is 0 Å². The fourth-order valence-corrected chi connectivity index (χ4v) is 4.35. The van der Waals surface area contributed by atoms with Crippen LogP contribution < -0.4 is 5.56 Å². The summed E-state index contributed by atoms with van der Waals surface area (Å²) >= 11 is 7.90. The number of imidazole rings is 1. The molecule has 0 bridgehead atoms. The summed E-state index contributed by atoms with van der Waals surface area (Å²) in [5.41, 5.74) is 2.78. The Morgan fingerprint density at radius 3 is 2.71 bits per heavy atom. The maximum Gasteiger partial charge on any atom is 0.278 e. The lowest BCUT2D eigenvalue weighted by molar-refractivity contribution is 0.519. The molecule has 0 radical (unpaired) electrons. The van der Waals surface area contributed by atoms with E-state index in [0.29, 0.717) is 28.7 Å². The van der Waals surface area contributed by atoms with E-state index in [1.165, 1.54) is 11.3 Å². The van der Waals surface area contributed by atoms with Gasteiger partial charge in [0.25, 0.3) is 5.56 Å². The minimum atomic E-state index is -0.161. The molecule has 0 atom stereocenters. The Hall–Kier alpha value is -3.09. The molecule has 0 aliphatic carbocycles. The number of hydrogen-bond acceptors (Lipinski definition) is 4. The van der Waals surface area contributed by atoms with Gasteiger partial charge in [-0.05, 0) is 29.1 Å². The van der Waals surface area contributed by atoms with Gasteiger partial charge in [0.15, 0.2) is 5.82 Å². The first-order valence-corrected chi connectivity index (χ1v) is 9.92. The summed E-state index contributed by atoms with van der Waals surface area (Å²) in [6, 6.07) is 15.3. The first-order chi connectivity index (χ1) is 13.7. The monoisotopic (exact) mass is 407 g/mol. The smallest absolute Gasteiger partial charge is 0.278 e. The van der Waals surface area contributed by atoms with Crippen molar-refractivity contribution in [1.82, 2.24) is 14.5 Å². The Bertz CT molecular complexity index is 1270. The van der Waals surface area contributed by atoms with Crippen LogP contribution in [0.2, 0.25) is 5.02 Å². The van der Waals surface area contributed by atoms with E-state index in [1.54, 1.807) is 23.1 Å². The van der Waals surface area contributed by atoms with E-state index < -0.39 is 0 Å². The highest BCUT2D eigenvalue weighted by atomic mass is 35.5. The number of halogens is 1. The fraction of sp³-hybridized carbons (Fsp3) is 0.0476. The van der Waals surface area contributed by atoms with E-state index in [-0.39, 0.29) is 5.56 Å². The zero-order chi connectivity index (χ0) is 19.1. The molecule has 3 aromatic rings. The van der Waals surface area contributed by atoms with E-state index >= 15 is 0 Å². The van der Waals surface area contributed by atoms with Gasteiger partial charge in [0.1, 0.15) is 17.1 Å². The molecule has 0 fully saturated rings. The van der Waals surface area contributed by atoms with Crippen molar-refractivity contribution >= 4 is 22.9 Å². The van der Waals surface area contributed by atoms with Crippen molar-refractivity contribution in [2.24, 2.45) is 0 Å². The second-order valence-electron chi connectivity index (χ2n) is 6.32. The maximum absolute atomic E-state index is 13.1. The molecule has 0 spiro atoms. The second-order valence-corrected chi connectivity index (χ2v) is 7.64. The van der Waals surface area contributed by atoms with Gasteiger partial charge in [0, 0.05) is 6.20 Å². The van der Waals surface area contributed by atoms with Crippen molar-refractivity contribution in [3.8, 4) is 27.6 Å². The van der Waals surface area contributed by atoms with Crippen LogP contribution in [0.25, 0.3) is 27.6 Å². The van der Waals surface area contributed by atoms with Crippen LogP contribution in [0.3, 0.4) is 0 Å². The van der Waals surface area contributed by atoms with Crippen LogP contribution in [0.1, 0.15) is 11.5 Å². The molecule has 2 aliphatic heterocycles. The Morgan fingerprint density at radius 2 is 2.00 bits per heavy atom. The van der Waals surface area contributed by atoms with Crippen LogP contribution in [0.15, 0.2) is 75.6 Å². The number of nitrogens with one attached hydrogen (secondary N) is 1. The van der Waals surface area contributed by atoms with Gasteiger partial charge in [0.05, 0.1) is 28.3 Å². The van der Waals surface area contributed by atoms with E-state index in [0.717, 1.165) is 21.8 Å². The average Bonchev–Trinajstić information content (AvgIpc) is 3.45. The number of aromatic nitrogens is 3. The van der Waals surface area contributed by atoms with Crippen LogP contribution in [0.5, 0.6) is 0 Å². The number of thiophene rings is 1. The highest BCUT2D eigenvalue weighted by Gasteiger charge is 2.23. The lowest BCUT2D eigenvalue weighted by Gasteiger charge is -2.12. The number of nitrogens with zero attached hydrogens (tertiary/aromatic N) is 2. The third kappa shape index (κ3) is 2.87. The second kappa shape index (κ2) is 6.82. The molecule has 1 N–H and O–H groups in total. The molecule has 28 heavy (non-hydrogen) atoms. The summed E-state index contributed by atoms with van der Waals surface area (Å²) in [7, 11) is 0. The van der Waals surface area contributed by atoms with E-state index in [2.05, 4.69) is 9.97 Å². The Balaban J connectivity index is 1.76. The van der Waals surface area contributed by atoms with Gasteiger partial charge in [-0.3, -0.25) is 9.36 Å². The zero-order valence-electron chi connectivity index (χ0n) is 14.6. The van der Waals surface area contributed by atoms with Gasteiger partial charge in [-0.2, -0.15) is 0 Å². The van der Waals surface area contributed by atoms with Crippen molar-refractivity contribution in [2.45, 2.75) is 6.42 Å². The predicted octanol–water partition coefficient (Wildman–Crippen LogP) is 5.23. The number of H-pyrrole nitrogens is 1. The number of benzene rings is 1. The summed E-state index contributed by atoms with van der Waals surface area (Å²) in [6.07, 6.45) is 3.72. The molecule has 2 aliphatic rings. The van der Waals surface area contributed by atoms with E-state index in [9.17, 15) is 4.79 Å². The van der Waals surface area contributed by atoms with Crippen LogP contribution >= 0.6 is 22.9 Å². The van der Waals surface area contributed by atoms with Crippen molar-refractivity contribution in [3.05, 3.63) is 93.2 Å². The molecular weight excluding hydrogens is 394 g/mol. The van der Waals surface area contributed by atoms with Gasteiger partial charge in [-0.25, -0.2) is 4.98 Å². The SMILES string of the molecule is O=c1c(Cc2ccco2)nc2c(-c3sccc3Cl)[nH]c(-c3ccccc3)cn1-2. The Kier molecular flexibility index (Phi) is 4.15. The molecule has 1 aromatic carbocycles. The highest BCUT2D eigenvalue weighted by Crippen LogP contribution is 2.36. The lowest BCUT2D eigenvalue weighted by Crippen LogP contribution is -2.16. The minimum Gasteiger partial charge on any atom is -0.469 e. The summed E-state index contributed by atoms with van der Waals surface area (Å²) in [5.74, 6) is 1.25. The van der Waals surface area contributed by atoms with E-state index in [4.69, 9.17) is 16.0 Å². The van der Waals surface area contributed by atoms with E-state index in [1.807, 2.05) is 47.8 Å². The topological polar surface area (TPSA) is 63.8 Å². The average molecular weight is 408 g/mol. The van der Waals surface area contributed by atoms with Gasteiger partial charge in [-0.15, -0.1) is 11.3 Å². The first kappa shape index (κ1) is 17.0. The molecule has 7 heteroatoms. The summed E-state index contributed by atoms with van der Waals surface area (Å²) in [6.45, 7) is 0. The molecule has 0 amide bonds. The third-order valence-electron chi connectivity index (χ3n) is 4.53. The van der Waals surface area contributed by atoms with Gasteiger partial charge in [-0.1, -0.05) is 41.9 Å². The minimum absolute atomic E-state index is 0.161. The number of hydrogen-bond donors (Lipinski definition) is 1. The molecule has 5 nitrogen and oxygen atoms in total. The zero-order valence-corrected chi connectivity index (χ0v) is 16.1. The number of rotatable bonds is 4. The number of aromatic amines is 1. The van der Waals surface area contributed by atoms with Crippen LogP contribution in [0, 0.1) is 0 Å². The van der Waals surface area contributed by atoms with Crippen molar-refractivity contribution in [3.63, 3.8) is 0 Å². The lowest BCUT2D eigenvalue weighted by atomic mass is 10.1. The normalized spacial score (nSPS) is 11.3. The van der Waals surface area contributed by atoms with Crippen molar-refractivity contribution in [1.29, 1.82) is 0 Å². The van der Waals surface area contributed by atoms with Crippen LogP contribution in [-0.2, 0) is 6.42 Å². The third-order valence-corrected chi connectivity index (χ3v) is 5.89. The molecule has 0 saturated carbocycles. The standard InChI is InChI=1S/C21H14ClN3O2S/c22-15-8-10-28-19(15)18-20-24-16(11-14-7-4-9-27-14)21(26)25(20)12-17(23-18)13-5-2-1-3-6-13/h1-10,12,23H,11H2. The molecule has 138 valence electrons. The largest absolute Gasteiger partial charge is 0.469 e. The maximum atomic E-state index is 13.1. The Labute approximate surface area is 169 Å². The summed E-state index contributed by atoms with van der Waals surface area (Å²) in [5, 5.41) is 2.54. The van der Waals surface area contributed by atoms with Gasteiger partial charge in [0.2, 0.25) is 0 Å². The molecular formula is C21H14ClN3O2S. The fourth-order valence-electron chi connectivity index (χ4n) is 3.20. The predicted molar refractivity (Wildman–Crippen MR) is 111 cm³/mol. The molecule has 0 saturated heterocycles. The van der Waals surface area contributed by atoms with Crippen molar-refractivity contribution < 1.29 is 4.42 Å². The molecule has 4 heterocycles. The summed E-state index contributed by atoms with van der Waals surface area (Å²) < 4.78 is 6.97. The van der Waals surface area contributed by atoms with Crippen molar-refractivity contribution in [2.75, 3.05) is 0 Å². The first-order valence-electron chi connectivity index (χ1n) is 8.66. The molecule has 2 aromatic heterocycles. The number of furan rings is 1. The summed E-state index contributed by atoms with van der Waals surface area (Å²) in [4.78, 5) is 22.0. The van der Waals surface area contributed by atoms with Gasteiger partial charge < -0.3 is 9.40 Å². The molecule has 0 unspecified atom stereocenters. The Morgan fingerprint density at radius 1 is 1.14 bits per heavy atom. The van der Waals surface area contributed by atoms with Crippen LogP contribution in [0.4, 0.5) is 0 Å².